The molecule has 1 aliphatic rings. The van der Waals surface area contributed by atoms with Gasteiger partial charge in [-0.15, -0.1) is 0 Å². The highest BCUT2D eigenvalue weighted by Gasteiger charge is 2.40. The topological polar surface area (TPSA) is 292 Å². The summed E-state index contributed by atoms with van der Waals surface area (Å²) in [5, 5.41) is 23.1. The third kappa shape index (κ3) is 18.9. The number of aliphatic hydroxyl groups excluding tert-OH is 1. The van der Waals surface area contributed by atoms with Crippen molar-refractivity contribution in [3.05, 3.63) is 90.0 Å². The molecular weight excluding hydrogens is 933 g/mol. The average molecular weight is 1010 g/mol. The minimum Gasteiger partial charge on any atom is -0.390 e. The highest BCUT2D eigenvalue weighted by atomic mass is 16.3. The molecule has 0 saturated carbocycles. The second-order valence-corrected chi connectivity index (χ2v) is 20.4. The quantitative estimate of drug-likeness (QED) is 0.0354. The van der Waals surface area contributed by atoms with E-state index in [1.165, 1.54) is 11.2 Å². The number of carbonyl (C=O) groups excluding carboxylic acids is 8. The fraction of sp³-hybridized carbons (Fsp3) is 0.574. The van der Waals surface area contributed by atoms with Crippen LogP contribution in [0.15, 0.2) is 73.2 Å². The lowest BCUT2D eigenvalue weighted by Crippen LogP contribution is -2.59. The Morgan fingerprint density at radius 1 is 0.795 bits per heavy atom. The molecule has 73 heavy (non-hydrogen) atoms. The van der Waals surface area contributed by atoms with Gasteiger partial charge < -0.3 is 52.5 Å². The molecule has 2 aromatic carbocycles. The number of H-pyrrole nitrogens is 1. The van der Waals surface area contributed by atoms with E-state index in [9.17, 15) is 43.5 Å². The number of aldehydes is 1. The number of benzene rings is 2. The molecule has 8 atom stereocenters. The molecule has 0 radical (unpaired) electrons. The first-order valence-corrected chi connectivity index (χ1v) is 25.8. The summed E-state index contributed by atoms with van der Waals surface area (Å²) in [6, 6.07) is 11.0. The van der Waals surface area contributed by atoms with E-state index in [4.69, 9.17) is 11.5 Å². The largest absolute Gasteiger partial charge is 0.390 e. The first-order valence-electron chi connectivity index (χ1n) is 25.8. The van der Waals surface area contributed by atoms with Crippen LogP contribution >= 0.6 is 0 Å². The first-order chi connectivity index (χ1) is 34.8. The van der Waals surface area contributed by atoms with E-state index < -0.39 is 102 Å². The van der Waals surface area contributed by atoms with Crippen LogP contribution in [0.3, 0.4) is 0 Å². The van der Waals surface area contributed by atoms with Crippen LogP contribution in [0.2, 0.25) is 0 Å². The molecule has 1 aliphatic heterocycles. The van der Waals surface area contributed by atoms with Gasteiger partial charge >= 0.3 is 0 Å². The number of rotatable bonds is 30. The number of carbonyl (C=O) groups is 8. The van der Waals surface area contributed by atoms with Gasteiger partial charge in [0.2, 0.25) is 35.4 Å². The molecule has 19 nitrogen and oxygen atoms in total. The highest BCUT2D eigenvalue weighted by Crippen LogP contribution is 2.21. The summed E-state index contributed by atoms with van der Waals surface area (Å²) < 4.78 is 0. The third-order valence-electron chi connectivity index (χ3n) is 12.9. The number of hydrogen-bond donors (Lipinski definition) is 8. The van der Waals surface area contributed by atoms with Crippen molar-refractivity contribution in [3.63, 3.8) is 0 Å². The van der Waals surface area contributed by atoms with Crippen molar-refractivity contribution in [1.82, 2.24) is 41.0 Å². The number of aromatic nitrogens is 2. The minimum absolute atomic E-state index is 0.0775. The number of aromatic amines is 1. The Labute approximate surface area is 430 Å². The predicted molar refractivity (Wildman–Crippen MR) is 277 cm³/mol. The Morgan fingerprint density at radius 2 is 1.42 bits per heavy atom. The van der Waals surface area contributed by atoms with Gasteiger partial charge in [-0.2, -0.15) is 0 Å². The third-order valence-corrected chi connectivity index (χ3v) is 12.9. The van der Waals surface area contributed by atoms with E-state index in [2.05, 4.69) is 31.2 Å². The van der Waals surface area contributed by atoms with Crippen molar-refractivity contribution in [1.29, 1.82) is 0 Å². The van der Waals surface area contributed by atoms with Crippen LogP contribution in [0.1, 0.15) is 116 Å². The fourth-order valence-electron chi connectivity index (χ4n) is 9.08. The van der Waals surface area contributed by atoms with Gasteiger partial charge in [0.1, 0.15) is 30.5 Å². The van der Waals surface area contributed by atoms with Gasteiger partial charge in [-0.25, -0.2) is 4.98 Å². The number of nitrogens with zero attached hydrogens (tertiary/aromatic N) is 3. The monoisotopic (exact) mass is 1010 g/mol. The van der Waals surface area contributed by atoms with Crippen molar-refractivity contribution in [2.45, 2.75) is 167 Å². The van der Waals surface area contributed by atoms with Crippen molar-refractivity contribution in [2.24, 2.45) is 29.2 Å². The second kappa shape index (κ2) is 30.0. The van der Waals surface area contributed by atoms with Crippen LogP contribution in [0.5, 0.6) is 0 Å². The zero-order valence-corrected chi connectivity index (χ0v) is 43.5. The summed E-state index contributed by atoms with van der Waals surface area (Å²) >= 11 is 0. The van der Waals surface area contributed by atoms with E-state index in [1.807, 2.05) is 64.1 Å². The predicted octanol–water partition coefficient (Wildman–Crippen LogP) is 2.64. The molecule has 0 aliphatic carbocycles. The number of unbranched alkanes of at least 4 members (excludes halogenated alkanes) is 1. The van der Waals surface area contributed by atoms with E-state index in [0.717, 1.165) is 16.0 Å². The van der Waals surface area contributed by atoms with E-state index in [-0.39, 0.29) is 50.4 Å². The number of imidazole rings is 1. The Kier molecular flexibility index (Phi) is 24.4. The van der Waals surface area contributed by atoms with E-state index in [1.54, 1.807) is 44.3 Å². The number of nitrogens with one attached hydrogen (secondary N) is 5. The number of nitrogens with two attached hydrogens (primary N) is 2. The molecule has 1 fully saturated rings. The molecule has 0 spiro atoms. The molecular formula is C54H80N10O9. The molecule has 1 unspecified atom stereocenters. The SMILES string of the molecule is CC(C)CC(NC(=O)[C@H](CCCCN)NC(=O)[C@H](CCc1ccccc1)NC(=O)[C@@H]1CCCN1C(=O)[C@@H](N)Cc1cnc[nH]1)[C@@H](O)CC(=O)N[C@@H](CC(C)C)C(=O)N(C(=O)C(C)C)[C@H](C=O)Cc1ccccc1. The smallest absolute Gasteiger partial charge is 0.252 e. The van der Waals surface area contributed by atoms with Gasteiger partial charge in [-0.05, 0) is 87.3 Å². The number of aliphatic hydroxyl groups is 1. The summed E-state index contributed by atoms with van der Waals surface area (Å²) in [6.45, 7) is 11.4. The van der Waals surface area contributed by atoms with E-state index >= 15 is 0 Å². The van der Waals surface area contributed by atoms with Crippen molar-refractivity contribution in [2.75, 3.05) is 13.1 Å². The number of aryl methyl sites for hydroxylation is 1. The standard InChI is InChI=1S/C54H80N10O9/c1-34(2)26-44(47(66)30-48(67)59-45(27-35(3)4)54(73)64(52(71)36(5)6)40(32-65)28-38-18-11-8-12-19-38)62-49(68)42(20-13-14-24-55)60-50(69)43(23-22-37-16-9-7-10-17-37)61-51(70)46-21-15-25-63(46)53(72)41(56)29-39-31-57-33-58-39/h7-12,16-19,31-36,40-47,66H,13-15,20-30,55-56H2,1-6H3,(H,57,58)(H,59,67)(H,60,69)(H,61,70)(H,62,68)/t40-,41-,42-,43-,44?,45-,46-,47-/m0/s1. The molecule has 10 N–H and O–H groups in total. The van der Waals surface area contributed by atoms with Gasteiger partial charge in [0.15, 0.2) is 0 Å². The molecule has 7 amide bonds. The molecule has 2 heterocycles. The normalized spacial score (nSPS) is 16.4. The lowest BCUT2D eigenvalue weighted by Gasteiger charge is -2.33. The van der Waals surface area contributed by atoms with Gasteiger partial charge in [0.05, 0.1) is 37.0 Å². The van der Waals surface area contributed by atoms with E-state index in [0.29, 0.717) is 57.2 Å². The summed E-state index contributed by atoms with van der Waals surface area (Å²) in [4.78, 5) is 120. The summed E-state index contributed by atoms with van der Waals surface area (Å²) in [7, 11) is 0. The van der Waals surface area contributed by atoms with Crippen molar-refractivity contribution in [3.8, 4) is 0 Å². The fourth-order valence-corrected chi connectivity index (χ4v) is 9.08. The Morgan fingerprint density at radius 3 is 2.01 bits per heavy atom. The molecule has 0 bridgehead atoms. The van der Waals surface area contributed by atoms with Crippen molar-refractivity contribution < 1.29 is 43.5 Å². The minimum atomic E-state index is -1.46. The summed E-state index contributed by atoms with van der Waals surface area (Å²) in [5.41, 5.74) is 14.5. The van der Waals surface area contributed by atoms with Crippen LogP contribution in [-0.4, -0.2) is 134 Å². The Balaban J connectivity index is 1.52. The van der Waals surface area contributed by atoms with Gasteiger partial charge in [0.25, 0.3) is 5.91 Å². The molecule has 4 rings (SSSR count). The zero-order chi connectivity index (χ0) is 53.6. The average Bonchev–Trinajstić information content (AvgIpc) is 4.07. The summed E-state index contributed by atoms with van der Waals surface area (Å²) in [5.74, 6) is -5.08. The lowest BCUT2D eigenvalue weighted by atomic mass is 9.95. The highest BCUT2D eigenvalue weighted by molar-refractivity contribution is 6.02. The molecule has 19 heteroatoms. The van der Waals surface area contributed by atoms with Crippen molar-refractivity contribution >= 4 is 47.6 Å². The van der Waals surface area contributed by atoms with Gasteiger partial charge in [-0.3, -0.25) is 38.5 Å². The maximum absolute atomic E-state index is 14.4. The van der Waals surface area contributed by atoms with Crippen LogP contribution < -0.4 is 32.7 Å². The number of amides is 7. The first kappa shape index (κ1) is 59.3. The Bertz CT molecular complexity index is 2230. The van der Waals surface area contributed by atoms with Crippen LogP contribution in [0, 0.1) is 17.8 Å². The number of imide groups is 1. The maximum atomic E-state index is 14.4. The van der Waals surface area contributed by atoms with Crippen LogP contribution in [0.25, 0.3) is 0 Å². The molecule has 1 saturated heterocycles. The van der Waals surface area contributed by atoms with Gasteiger partial charge in [-0.1, -0.05) is 102 Å². The molecule has 1 aromatic heterocycles. The Hall–Kier alpha value is -6.31. The maximum Gasteiger partial charge on any atom is 0.252 e. The van der Waals surface area contributed by atoms with Gasteiger partial charge in [0, 0.05) is 37.2 Å². The number of hydrogen-bond acceptors (Lipinski definition) is 12. The summed E-state index contributed by atoms with van der Waals surface area (Å²) in [6.07, 6.45) is 4.90. The second-order valence-electron chi connectivity index (χ2n) is 20.4. The molecule has 3 aromatic rings. The number of likely N-dealkylation sites (tertiary alicyclic amines) is 1. The van der Waals surface area contributed by atoms with Crippen LogP contribution in [0.4, 0.5) is 0 Å². The molecule has 400 valence electrons. The zero-order valence-electron chi connectivity index (χ0n) is 43.5. The lowest BCUT2D eigenvalue weighted by molar-refractivity contribution is -0.154. The van der Waals surface area contributed by atoms with Crippen LogP contribution in [-0.2, 0) is 57.6 Å².